The van der Waals surface area contributed by atoms with Gasteiger partial charge in [-0.15, -0.1) is 0 Å². The molecule has 1 N–H and O–H groups in total. The van der Waals surface area contributed by atoms with Gasteiger partial charge in [-0.2, -0.15) is 0 Å². The van der Waals surface area contributed by atoms with Crippen molar-refractivity contribution < 1.29 is 36.9 Å². The van der Waals surface area contributed by atoms with E-state index in [9.17, 15) is 18.4 Å². The van der Waals surface area contributed by atoms with Gasteiger partial charge in [-0.05, 0) is 55.0 Å². The largest absolute Gasteiger partial charge is 0.493 e. The highest BCUT2D eigenvalue weighted by atomic mass is 19.1. The number of ether oxygens (including phenoxy) is 4. The summed E-state index contributed by atoms with van der Waals surface area (Å²) in [6.45, 7) is 2.34. The standard InChI is InChI=1S/C36H31F3N4O6/c1-46-31-16-26-28(17-32(31)47-13-2-12-42-19-23(38)20-42)40-11-9-29(26)49-30-8-5-24(15-27(30)39)41-35(44)33-34-21(10-14-48-34)18-43(36(33)45)25-6-3-22(37)4-7-25/h3-9,11,15-18,23H,2,10,12-14,19-20H2,1H3,(H,41,44). The first kappa shape index (κ1) is 32.0. The van der Waals surface area contributed by atoms with Crippen LogP contribution in [0.25, 0.3) is 16.6 Å². The second kappa shape index (κ2) is 13.5. The Morgan fingerprint density at radius 3 is 2.59 bits per heavy atom. The number of likely N-dealkylation sites (tertiary alicyclic amines) is 1. The Balaban J connectivity index is 1.08. The van der Waals surface area contributed by atoms with Crippen molar-refractivity contribution in [3.63, 3.8) is 0 Å². The fourth-order valence-corrected chi connectivity index (χ4v) is 5.87. The molecule has 0 unspecified atom stereocenters. The Bertz CT molecular complexity index is 2100. The molecule has 49 heavy (non-hydrogen) atoms. The van der Waals surface area contributed by atoms with E-state index < -0.39 is 29.3 Å². The van der Waals surface area contributed by atoms with Crippen LogP contribution in [0, 0.1) is 11.6 Å². The number of carbonyl (C=O) groups excluding carboxylic acids is 1. The van der Waals surface area contributed by atoms with E-state index in [4.69, 9.17) is 18.9 Å². The van der Waals surface area contributed by atoms with Gasteiger partial charge in [0.25, 0.3) is 11.5 Å². The van der Waals surface area contributed by atoms with Gasteiger partial charge < -0.3 is 24.3 Å². The second-order valence-electron chi connectivity index (χ2n) is 11.7. The molecule has 13 heteroatoms. The molecule has 0 saturated carbocycles. The highest BCUT2D eigenvalue weighted by Crippen LogP contribution is 2.38. The van der Waals surface area contributed by atoms with Crippen molar-refractivity contribution in [1.29, 1.82) is 0 Å². The summed E-state index contributed by atoms with van der Waals surface area (Å²) in [6, 6.07) is 14.2. The third-order valence-electron chi connectivity index (χ3n) is 8.37. The van der Waals surface area contributed by atoms with Gasteiger partial charge in [0.1, 0.15) is 29.1 Å². The van der Waals surface area contributed by atoms with Crippen LogP contribution in [0.15, 0.2) is 77.9 Å². The fraction of sp³-hybridized carbons (Fsp3) is 0.250. The summed E-state index contributed by atoms with van der Waals surface area (Å²) in [4.78, 5) is 33.3. The number of amides is 1. The number of halogens is 3. The zero-order valence-corrected chi connectivity index (χ0v) is 26.4. The Hall–Kier alpha value is -5.56. The van der Waals surface area contributed by atoms with Crippen LogP contribution in [-0.2, 0) is 6.42 Å². The first-order valence-electron chi connectivity index (χ1n) is 15.7. The van der Waals surface area contributed by atoms with E-state index in [1.54, 1.807) is 24.4 Å². The quantitative estimate of drug-likeness (QED) is 0.169. The number of methoxy groups -OCH3 is 1. The van der Waals surface area contributed by atoms with Gasteiger partial charge in [-0.1, -0.05) is 0 Å². The number of alkyl halides is 1. The average Bonchev–Trinajstić information content (AvgIpc) is 3.55. The number of fused-ring (bicyclic) bond motifs is 2. The summed E-state index contributed by atoms with van der Waals surface area (Å²) in [5, 5.41) is 3.14. The second-order valence-corrected chi connectivity index (χ2v) is 11.7. The third kappa shape index (κ3) is 6.61. The molecule has 2 aliphatic rings. The molecule has 1 fully saturated rings. The van der Waals surface area contributed by atoms with Crippen LogP contribution < -0.4 is 29.8 Å². The molecule has 0 bridgehead atoms. The summed E-state index contributed by atoms with van der Waals surface area (Å²) in [5.41, 5.74) is 0.727. The molecule has 0 spiro atoms. The van der Waals surface area contributed by atoms with Crippen LogP contribution in [0.1, 0.15) is 22.3 Å². The van der Waals surface area contributed by atoms with Crippen LogP contribution in [0.2, 0.25) is 0 Å². The predicted molar refractivity (Wildman–Crippen MR) is 175 cm³/mol. The first-order valence-corrected chi connectivity index (χ1v) is 15.7. The molecule has 2 aromatic heterocycles. The molecule has 1 amide bonds. The van der Waals surface area contributed by atoms with Gasteiger partial charge in [0.15, 0.2) is 23.1 Å². The lowest BCUT2D eigenvalue weighted by molar-refractivity contribution is 0.0611. The number of aromatic nitrogens is 2. The molecule has 1 saturated heterocycles. The highest BCUT2D eigenvalue weighted by Gasteiger charge is 2.28. The molecule has 5 aromatic rings. The Morgan fingerprint density at radius 2 is 1.84 bits per heavy atom. The van der Waals surface area contributed by atoms with E-state index in [2.05, 4.69) is 10.3 Å². The summed E-state index contributed by atoms with van der Waals surface area (Å²) in [5.74, 6) is -0.743. The van der Waals surface area contributed by atoms with Crippen LogP contribution in [0.5, 0.6) is 28.7 Å². The van der Waals surface area contributed by atoms with Gasteiger partial charge in [0, 0.05) is 72.9 Å². The van der Waals surface area contributed by atoms with Crippen LogP contribution >= 0.6 is 0 Å². The molecule has 3 aromatic carbocycles. The molecule has 4 heterocycles. The minimum atomic E-state index is -0.785. The SMILES string of the molecule is COc1cc2c(Oc3ccc(NC(=O)c4c5c(cn(-c6ccc(F)cc6)c4=O)CCO5)cc3F)ccnc2cc1OCCCN1CC(F)C1. The number of benzene rings is 3. The number of anilines is 1. The molecule has 0 radical (unpaired) electrons. The monoisotopic (exact) mass is 672 g/mol. The molecular formula is C36H31F3N4O6. The predicted octanol–water partition coefficient (Wildman–Crippen LogP) is 6.07. The summed E-state index contributed by atoms with van der Waals surface area (Å²) in [7, 11) is 1.51. The molecular weight excluding hydrogens is 641 g/mol. The lowest BCUT2D eigenvalue weighted by Crippen LogP contribution is -2.48. The number of rotatable bonds is 11. The lowest BCUT2D eigenvalue weighted by atomic mass is 10.1. The van der Waals surface area contributed by atoms with Crippen molar-refractivity contribution in [2.75, 3.05) is 45.3 Å². The fourth-order valence-electron chi connectivity index (χ4n) is 5.87. The molecule has 252 valence electrons. The third-order valence-corrected chi connectivity index (χ3v) is 8.37. The minimum absolute atomic E-state index is 0.0832. The van der Waals surface area contributed by atoms with Crippen LogP contribution in [-0.4, -0.2) is 66.5 Å². The maximum absolute atomic E-state index is 15.4. The van der Waals surface area contributed by atoms with Gasteiger partial charge in [0.2, 0.25) is 0 Å². The van der Waals surface area contributed by atoms with Crippen molar-refractivity contribution in [3.8, 4) is 34.4 Å². The average molecular weight is 673 g/mol. The molecule has 2 aliphatic heterocycles. The Morgan fingerprint density at radius 1 is 1.02 bits per heavy atom. The minimum Gasteiger partial charge on any atom is -0.493 e. The first-order chi connectivity index (χ1) is 23.8. The maximum Gasteiger partial charge on any atom is 0.271 e. The van der Waals surface area contributed by atoms with E-state index in [1.807, 2.05) is 4.90 Å². The van der Waals surface area contributed by atoms with Crippen LogP contribution in [0.3, 0.4) is 0 Å². The smallest absolute Gasteiger partial charge is 0.271 e. The zero-order chi connectivity index (χ0) is 34.1. The van der Waals surface area contributed by atoms with Crippen LogP contribution in [0.4, 0.5) is 18.9 Å². The maximum atomic E-state index is 15.4. The van der Waals surface area contributed by atoms with E-state index in [1.165, 1.54) is 54.3 Å². The molecule has 0 atom stereocenters. The van der Waals surface area contributed by atoms with E-state index in [-0.39, 0.29) is 29.4 Å². The number of nitrogens with zero attached hydrogens (tertiary/aromatic N) is 3. The molecule has 7 rings (SSSR count). The molecule has 10 nitrogen and oxygen atoms in total. The number of hydrogen-bond donors (Lipinski definition) is 1. The number of pyridine rings is 2. The number of hydrogen-bond acceptors (Lipinski definition) is 8. The summed E-state index contributed by atoms with van der Waals surface area (Å²) in [6.07, 6.45) is 3.55. The molecule has 0 aliphatic carbocycles. The highest BCUT2D eigenvalue weighted by molar-refractivity contribution is 6.06. The van der Waals surface area contributed by atoms with Gasteiger partial charge in [-0.25, -0.2) is 13.2 Å². The van der Waals surface area contributed by atoms with Crippen molar-refractivity contribution >= 4 is 22.5 Å². The van der Waals surface area contributed by atoms with Crippen molar-refractivity contribution in [1.82, 2.24) is 14.5 Å². The van der Waals surface area contributed by atoms with Crippen molar-refractivity contribution in [3.05, 3.63) is 106 Å². The Labute approximate surface area is 278 Å². The van der Waals surface area contributed by atoms with Gasteiger partial charge in [-0.3, -0.25) is 24.0 Å². The number of nitrogens with one attached hydrogen (secondary N) is 1. The zero-order valence-electron chi connectivity index (χ0n) is 26.4. The van der Waals surface area contributed by atoms with Gasteiger partial charge in [0.05, 0.1) is 25.8 Å². The van der Waals surface area contributed by atoms with E-state index >= 15 is 4.39 Å². The Kier molecular flexibility index (Phi) is 8.83. The topological polar surface area (TPSA) is 104 Å². The lowest BCUT2D eigenvalue weighted by Gasteiger charge is -2.34. The number of carbonyl (C=O) groups is 1. The van der Waals surface area contributed by atoms with E-state index in [0.717, 1.165) is 19.0 Å². The van der Waals surface area contributed by atoms with E-state index in [0.29, 0.717) is 65.5 Å². The summed E-state index contributed by atoms with van der Waals surface area (Å²) >= 11 is 0. The summed E-state index contributed by atoms with van der Waals surface area (Å²) < 4.78 is 66.3. The normalized spacial score (nSPS) is 14.2. The van der Waals surface area contributed by atoms with Gasteiger partial charge >= 0.3 is 0 Å². The van der Waals surface area contributed by atoms with Crippen molar-refractivity contribution in [2.24, 2.45) is 0 Å². The van der Waals surface area contributed by atoms with Crippen molar-refractivity contribution in [2.45, 2.75) is 19.0 Å².